The van der Waals surface area contributed by atoms with Crippen molar-refractivity contribution < 1.29 is 14.8 Å². The van der Waals surface area contributed by atoms with Crippen LogP contribution in [0.3, 0.4) is 0 Å². The second kappa shape index (κ2) is 6.14. The van der Waals surface area contributed by atoms with Crippen molar-refractivity contribution in [3.63, 3.8) is 0 Å². The van der Waals surface area contributed by atoms with Crippen LogP contribution in [0, 0.1) is 10.1 Å². The number of carbonyl (C=O) groups is 1. The molecule has 8 heteroatoms. The Balaban J connectivity index is 2.19. The van der Waals surface area contributed by atoms with Crippen LogP contribution in [-0.2, 0) is 0 Å². The van der Waals surface area contributed by atoms with E-state index in [4.69, 9.17) is 0 Å². The van der Waals surface area contributed by atoms with E-state index in [2.05, 4.69) is 10.5 Å². The Hall–Kier alpha value is -2.74. The van der Waals surface area contributed by atoms with Gasteiger partial charge >= 0.3 is 0 Å². The summed E-state index contributed by atoms with van der Waals surface area (Å²) in [6, 6.07) is 6.92. The molecule has 21 heavy (non-hydrogen) atoms. The Bertz CT molecular complexity index is 710. The van der Waals surface area contributed by atoms with Crippen molar-refractivity contribution in [1.29, 1.82) is 0 Å². The van der Waals surface area contributed by atoms with Gasteiger partial charge in [-0.15, -0.1) is 11.3 Å². The standard InChI is InChI=1S/C13H11N3O4S/c1-8(12-3-2-6-21-12)14-15-13(18)10-7-9(16(19)20)4-5-11(10)17/h2-7,17H,1H3,(H,15,18)/b14-8-. The molecule has 0 saturated carbocycles. The Labute approximate surface area is 123 Å². The summed E-state index contributed by atoms with van der Waals surface area (Å²) >= 11 is 1.47. The quantitative estimate of drug-likeness (QED) is 0.514. The van der Waals surface area contributed by atoms with Crippen molar-refractivity contribution in [2.24, 2.45) is 5.10 Å². The molecule has 0 spiro atoms. The zero-order valence-electron chi connectivity index (χ0n) is 10.9. The molecule has 2 aromatic rings. The lowest BCUT2D eigenvalue weighted by atomic mass is 10.1. The number of nitro groups is 1. The number of nitro benzene ring substituents is 1. The molecule has 0 aliphatic rings. The number of thiophene rings is 1. The Kier molecular flexibility index (Phi) is 4.29. The topological polar surface area (TPSA) is 105 Å². The van der Waals surface area contributed by atoms with Crippen molar-refractivity contribution in [2.75, 3.05) is 0 Å². The van der Waals surface area contributed by atoms with Gasteiger partial charge in [0.05, 0.1) is 16.2 Å². The molecule has 108 valence electrons. The van der Waals surface area contributed by atoms with E-state index >= 15 is 0 Å². The minimum atomic E-state index is -0.716. The number of aromatic hydroxyl groups is 1. The first-order valence-electron chi connectivity index (χ1n) is 5.85. The first-order valence-corrected chi connectivity index (χ1v) is 6.73. The number of hydrogen-bond donors (Lipinski definition) is 2. The average molecular weight is 305 g/mol. The predicted octanol–water partition coefficient (Wildman–Crippen LogP) is 2.52. The number of amides is 1. The van der Waals surface area contributed by atoms with Gasteiger partial charge in [0.15, 0.2) is 0 Å². The number of nitrogens with one attached hydrogen (secondary N) is 1. The van der Waals surface area contributed by atoms with Crippen molar-refractivity contribution in [2.45, 2.75) is 6.92 Å². The molecule has 1 aromatic carbocycles. The second-order valence-electron chi connectivity index (χ2n) is 4.07. The molecular formula is C13H11N3O4S. The maximum absolute atomic E-state index is 11.9. The average Bonchev–Trinajstić information content (AvgIpc) is 2.98. The van der Waals surface area contributed by atoms with E-state index in [1.165, 1.54) is 11.3 Å². The number of benzene rings is 1. The van der Waals surface area contributed by atoms with Crippen molar-refractivity contribution in [3.05, 3.63) is 56.3 Å². The maximum Gasteiger partial charge on any atom is 0.275 e. The summed E-state index contributed by atoms with van der Waals surface area (Å²) < 4.78 is 0. The lowest BCUT2D eigenvalue weighted by Gasteiger charge is -2.04. The third kappa shape index (κ3) is 3.42. The first-order chi connectivity index (χ1) is 9.99. The van der Waals surface area contributed by atoms with Crippen LogP contribution in [-0.4, -0.2) is 21.6 Å². The van der Waals surface area contributed by atoms with E-state index in [1.807, 2.05) is 17.5 Å². The van der Waals surface area contributed by atoms with E-state index in [9.17, 15) is 20.0 Å². The molecule has 0 unspecified atom stereocenters. The van der Waals surface area contributed by atoms with Gasteiger partial charge < -0.3 is 5.11 Å². The zero-order valence-corrected chi connectivity index (χ0v) is 11.8. The van der Waals surface area contributed by atoms with Gasteiger partial charge in [-0.1, -0.05) is 6.07 Å². The van der Waals surface area contributed by atoms with Crippen LogP contribution in [0.15, 0.2) is 40.8 Å². The Morgan fingerprint density at radius 2 is 2.19 bits per heavy atom. The molecule has 2 N–H and O–H groups in total. The largest absolute Gasteiger partial charge is 0.507 e. The first kappa shape index (κ1) is 14.7. The number of phenolic OH excluding ortho intramolecular Hbond substituents is 1. The molecule has 1 heterocycles. The third-order valence-corrected chi connectivity index (χ3v) is 3.62. The normalized spacial score (nSPS) is 11.2. The van der Waals surface area contributed by atoms with E-state index in [-0.39, 0.29) is 17.0 Å². The third-order valence-electron chi connectivity index (χ3n) is 2.64. The van der Waals surface area contributed by atoms with Crippen molar-refractivity contribution in [3.8, 4) is 5.75 Å². The van der Waals surface area contributed by atoms with Gasteiger partial charge in [-0.3, -0.25) is 14.9 Å². The van der Waals surface area contributed by atoms with Crippen LogP contribution in [0.1, 0.15) is 22.2 Å². The number of nitrogens with zero attached hydrogens (tertiary/aromatic N) is 2. The van der Waals surface area contributed by atoms with E-state index in [1.54, 1.807) is 6.92 Å². The number of non-ortho nitro benzene ring substituents is 1. The van der Waals surface area contributed by atoms with Crippen LogP contribution in [0.5, 0.6) is 5.75 Å². The molecular weight excluding hydrogens is 294 g/mol. The van der Waals surface area contributed by atoms with Crippen LogP contribution >= 0.6 is 11.3 Å². The second-order valence-corrected chi connectivity index (χ2v) is 5.02. The van der Waals surface area contributed by atoms with Crippen LogP contribution in [0.2, 0.25) is 0 Å². The molecule has 0 bridgehead atoms. The number of carbonyl (C=O) groups excluding carboxylic acids is 1. The lowest BCUT2D eigenvalue weighted by Crippen LogP contribution is -2.19. The van der Waals surface area contributed by atoms with Crippen LogP contribution < -0.4 is 5.43 Å². The molecule has 1 aromatic heterocycles. The molecule has 0 radical (unpaired) electrons. The maximum atomic E-state index is 11.9. The van der Waals surface area contributed by atoms with Crippen molar-refractivity contribution >= 4 is 28.6 Å². The van der Waals surface area contributed by atoms with Gasteiger partial charge in [-0.25, -0.2) is 5.43 Å². The van der Waals surface area contributed by atoms with E-state index in [0.717, 1.165) is 23.1 Å². The highest BCUT2D eigenvalue weighted by Gasteiger charge is 2.16. The number of phenols is 1. The predicted molar refractivity (Wildman–Crippen MR) is 78.8 cm³/mol. The number of rotatable bonds is 4. The summed E-state index contributed by atoms with van der Waals surface area (Å²) in [5, 5.41) is 26.1. The molecule has 0 atom stereocenters. The highest BCUT2D eigenvalue weighted by atomic mass is 32.1. The van der Waals surface area contributed by atoms with Gasteiger partial charge in [-0.05, 0) is 24.4 Å². The fraction of sp³-hybridized carbons (Fsp3) is 0.0769. The molecule has 0 aliphatic heterocycles. The molecule has 7 nitrogen and oxygen atoms in total. The minimum Gasteiger partial charge on any atom is -0.507 e. The summed E-state index contributed by atoms with van der Waals surface area (Å²) in [4.78, 5) is 22.8. The fourth-order valence-corrected chi connectivity index (χ4v) is 2.23. The SMILES string of the molecule is C/C(=N/NC(=O)c1cc([N+](=O)[O-])ccc1O)c1cccs1. The highest BCUT2D eigenvalue weighted by molar-refractivity contribution is 7.12. The zero-order chi connectivity index (χ0) is 15.4. The smallest absolute Gasteiger partial charge is 0.275 e. The molecule has 1 amide bonds. The number of hydrogen-bond acceptors (Lipinski definition) is 6. The van der Waals surface area contributed by atoms with Crippen molar-refractivity contribution in [1.82, 2.24) is 5.43 Å². The summed E-state index contributed by atoms with van der Waals surface area (Å²) in [6.07, 6.45) is 0. The summed E-state index contributed by atoms with van der Waals surface area (Å²) in [5.74, 6) is -1.06. The number of hydrazone groups is 1. The summed E-state index contributed by atoms with van der Waals surface area (Å²) in [6.45, 7) is 1.72. The molecule has 0 saturated heterocycles. The minimum absolute atomic E-state index is 0.202. The van der Waals surface area contributed by atoms with Gasteiger partial charge in [0.25, 0.3) is 11.6 Å². The Morgan fingerprint density at radius 3 is 2.81 bits per heavy atom. The highest BCUT2D eigenvalue weighted by Crippen LogP contribution is 2.22. The van der Waals surface area contributed by atoms with Gasteiger partial charge in [0.1, 0.15) is 5.75 Å². The fourth-order valence-electron chi connectivity index (χ4n) is 1.55. The molecule has 0 fully saturated rings. The summed E-state index contributed by atoms with van der Waals surface area (Å²) in [5.41, 5.74) is 2.38. The van der Waals surface area contributed by atoms with Gasteiger partial charge in [0, 0.05) is 17.0 Å². The molecule has 2 rings (SSSR count). The summed E-state index contributed by atoms with van der Waals surface area (Å²) in [7, 11) is 0. The van der Waals surface area contributed by atoms with Gasteiger partial charge in [0.2, 0.25) is 0 Å². The lowest BCUT2D eigenvalue weighted by molar-refractivity contribution is -0.384. The van der Waals surface area contributed by atoms with E-state index < -0.39 is 10.8 Å². The van der Waals surface area contributed by atoms with Gasteiger partial charge in [-0.2, -0.15) is 5.10 Å². The molecule has 0 aliphatic carbocycles. The van der Waals surface area contributed by atoms with Crippen LogP contribution in [0.4, 0.5) is 5.69 Å². The Morgan fingerprint density at radius 1 is 1.43 bits per heavy atom. The van der Waals surface area contributed by atoms with Crippen LogP contribution in [0.25, 0.3) is 0 Å². The van der Waals surface area contributed by atoms with E-state index in [0.29, 0.717) is 5.71 Å². The monoisotopic (exact) mass is 305 g/mol.